The molecule has 1 heterocycles. The molecule has 0 radical (unpaired) electrons. The lowest BCUT2D eigenvalue weighted by Crippen LogP contribution is -2.58. The Balaban J connectivity index is 1.46. The van der Waals surface area contributed by atoms with E-state index in [1.807, 2.05) is 37.3 Å². The van der Waals surface area contributed by atoms with Gasteiger partial charge in [-0.15, -0.1) is 0 Å². The first-order valence-electron chi connectivity index (χ1n) is 9.48. The van der Waals surface area contributed by atoms with Gasteiger partial charge in [0.1, 0.15) is 0 Å². The Morgan fingerprint density at radius 3 is 2.73 bits per heavy atom. The van der Waals surface area contributed by atoms with Crippen LogP contribution >= 0.6 is 11.8 Å². The van der Waals surface area contributed by atoms with E-state index >= 15 is 0 Å². The molecule has 5 heteroatoms. The van der Waals surface area contributed by atoms with Gasteiger partial charge in [0.15, 0.2) is 0 Å². The fourth-order valence-electron chi connectivity index (χ4n) is 3.97. The summed E-state index contributed by atoms with van der Waals surface area (Å²) >= 11 is 1.53. The van der Waals surface area contributed by atoms with Crippen molar-refractivity contribution >= 4 is 17.7 Å². The number of nitrogens with one attached hydrogen (secondary N) is 1. The van der Waals surface area contributed by atoms with Gasteiger partial charge >= 0.3 is 0 Å². The molecule has 1 amide bonds. The quantitative estimate of drug-likeness (QED) is 0.770. The number of aryl methyl sites for hydroxylation is 1. The molecule has 2 aliphatic carbocycles. The Labute approximate surface area is 159 Å². The summed E-state index contributed by atoms with van der Waals surface area (Å²) in [5, 5.41) is 7.30. The minimum atomic E-state index is -0.139. The minimum Gasteiger partial charge on any atom is -0.350 e. The van der Waals surface area contributed by atoms with Gasteiger partial charge in [0.25, 0.3) is 5.91 Å². The fourth-order valence-corrected chi connectivity index (χ4v) is 4.90. The first kappa shape index (κ1) is 17.7. The van der Waals surface area contributed by atoms with E-state index in [0.717, 1.165) is 33.7 Å². The Bertz CT molecular complexity index is 804. The first-order valence-corrected chi connectivity index (χ1v) is 10.3. The number of hydrogen-bond acceptors (Lipinski definition) is 4. The highest BCUT2D eigenvalue weighted by molar-refractivity contribution is 7.99. The SMILES string of the molecule is Cc1noc(C(=O)NC2(C)CCC2CC2C[C@@H]2C)c1Sc1ccccc1. The van der Waals surface area contributed by atoms with E-state index in [2.05, 4.69) is 24.3 Å². The number of hydrogen-bond donors (Lipinski definition) is 1. The van der Waals surface area contributed by atoms with E-state index in [9.17, 15) is 4.79 Å². The second-order valence-corrected chi connectivity index (χ2v) is 9.24. The summed E-state index contributed by atoms with van der Waals surface area (Å²) < 4.78 is 5.41. The Morgan fingerprint density at radius 1 is 1.38 bits per heavy atom. The van der Waals surface area contributed by atoms with Gasteiger partial charge < -0.3 is 9.84 Å². The molecule has 1 aromatic heterocycles. The van der Waals surface area contributed by atoms with Crippen LogP contribution in [0, 0.1) is 24.7 Å². The van der Waals surface area contributed by atoms with E-state index in [1.54, 1.807) is 0 Å². The Morgan fingerprint density at radius 2 is 2.12 bits per heavy atom. The lowest BCUT2D eigenvalue weighted by atomic mass is 9.65. The molecule has 2 aliphatic rings. The second kappa shape index (κ2) is 6.76. The van der Waals surface area contributed by atoms with Crippen molar-refractivity contribution in [3.63, 3.8) is 0 Å². The molecular formula is C21H26N2O2S. The van der Waals surface area contributed by atoms with Crippen molar-refractivity contribution in [1.29, 1.82) is 0 Å². The summed E-state index contributed by atoms with van der Waals surface area (Å²) in [4.78, 5) is 14.8. The molecule has 1 N–H and O–H groups in total. The molecule has 2 aromatic rings. The topological polar surface area (TPSA) is 55.1 Å². The molecular weight excluding hydrogens is 344 g/mol. The molecule has 0 spiro atoms. The number of benzene rings is 1. The molecule has 3 unspecified atom stereocenters. The van der Waals surface area contributed by atoms with Crippen LogP contribution in [0.25, 0.3) is 0 Å². The van der Waals surface area contributed by atoms with Crippen LogP contribution in [0.5, 0.6) is 0 Å². The van der Waals surface area contributed by atoms with Crippen molar-refractivity contribution in [2.24, 2.45) is 17.8 Å². The van der Waals surface area contributed by atoms with Gasteiger partial charge in [0.2, 0.25) is 5.76 Å². The summed E-state index contributed by atoms with van der Waals surface area (Å²) in [6.45, 7) is 6.39. The number of rotatable bonds is 6. The largest absolute Gasteiger partial charge is 0.350 e. The molecule has 4 atom stereocenters. The zero-order valence-corrected chi connectivity index (χ0v) is 16.4. The molecule has 26 heavy (non-hydrogen) atoms. The van der Waals surface area contributed by atoms with Crippen LogP contribution in [0.15, 0.2) is 44.6 Å². The Hall–Kier alpha value is -1.75. The number of amides is 1. The summed E-state index contributed by atoms with van der Waals surface area (Å²) in [5.74, 6) is 2.49. The van der Waals surface area contributed by atoms with Crippen LogP contribution in [-0.2, 0) is 0 Å². The third-order valence-electron chi connectivity index (χ3n) is 6.15. The highest BCUT2D eigenvalue weighted by atomic mass is 32.2. The molecule has 0 bridgehead atoms. The molecule has 2 saturated carbocycles. The zero-order valence-electron chi connectivity index (χ0n) is 15.6. The number of carbonyl (C=O) groups is 1. The van der Waals surface area contributed by atoms with Crippen LogP contribution in [-0.4, -0.2) is 16.6 Å². The van der Waals surface area contributed by atoms with E-state index in [4.69, 9.17) is 4.52 Å². The molecule has 4 rings (SSSR count). The monoisotopic (exact) mass is 370 g/mol. The molecule has 4 nitrogen and oxygen atoms in total. The number of nitrogens with zero attached hydrogens (tertiary/aromatic N) is 1. The van der Waals surface area contributed by atoms with Gasteiger partial charge in [-0.05, 0) is 69.4 Å². The van der Waals surface area contributed by atoms with E-state index < -0.39 is 0 Å². The van der Waals surface area contributed by atoms with Gasteiger partial charge in [0.05, 0.1) is 10.6 Å². The first-order chi connectivity index (χ1) is 12.5. The van der Waals surface area contributed by atoms with Crippen molar-refractivity contribution in [2.45, 2.75) is 61.8 Å². The third-order valence-corrected chi connectivity index (χ3v) is 7.35. The van der Waals surface area contributed by atoms with Crippen molar-refractivity contribution in [3.05, 3.63) is 41.8 Å². The maximum Gasteiger partial charge on any atom is 0.291 e. The predicted octanol–water partition coefficient (Wildman–Crippen LogP) is 5.08. The zero-order chi connectivity index (χ0) is 18.3. The van der Waals surface area contributed by atoms with Crippen LogP contribution in [0.1, 0.15) is 55.8 Å². The normalized spacial score (nSPS) is 29.9. The van der Waals surface area contributed by atoms with Crippen molar-refractivity contribution < 1.29 is 9.32 Å². The van der Waals surface area contributed by atoms with Gasteiger partial charge in [-0.3, -0.25) is 4.79 Å². The number of aromatic nitrogens is 1. The van der Waals surface area contributed by atoms with Crippen LogP contribution < -0.4 is 5.32 Å². The second-order valence-electron chi connectivity index (χ2n) is 8.16. The smallest absolute Gasteiger partial charge is 0.291 e. The lowest BCUT2D eigenvalue weighted by Gasteiger charge is -2.48. The highest BCUT2D eigenvalue weighted by Gasteiger charge is 2.48. The maximum atomic E-state index is 12.9. The summed E-state index contributed by atoms with van der Waals surface area (Å²) in [6.07, 6.45) is 4.83. The van der Waals surface area contributed by atoms with Gasteiger partial charge in [-0.1, -0.05) is 42.0 Å². The fraction of sp³-hybridized carbons (Fsp3) is 0.524. The van der Waals surface area contributed by atoms with E-state index in [1.165, 1.54) is 31.0 Å². The Kier molecular flexibility index (Phi) is 4.59. The average Bonchev–Trinajstić information content (AvgIpc) is 3.21. The third kappa shape index (κ3) is 3.41. The molecule has 0 aliphatic heterocycles. The van der Waals surface area contributed by atoms with Crippen molar-refractivity contribution in [3.8, 4) is 0 Å². The van der Waals surface area contributed by atoms with Gasteiger partial charge in [-0.25, -0.2) is 0 Å². The van der Waals surface area contributed by atoms with Crippen molar-refractivity contribution in [2.75, 3.05) is 0 Å². The number of carbonyl (C=O) groups excluding carboxylic acids is 1. The summed E-state index contributed by atoms with van der Waals surface area (Å²) in [6, 6.07) is 10.0. The molecule has 0 saturated heterocycles. The standard InChI is InChI=1S/C21H26N2O2S/c1-13-11-15(13)12-16-9-10-21(16,3)22-20(24)18-19(14(2)23-25-18)26-17-7-5-4-6-8-17/h4-8,13,15-16H,9-12H2,1-3H3,(H,22,24)/t13-,15?,16?,21?/m0/s1. The lowest BCUT2D eigenvalue weighted by molar-refractivity contribution is 0.0592. The minimum absolute atomic E-state index is 0.116. The molecule has 1 aromatic carbocycles. The molecule has 138 valence electrons. The van der Waals surface area contributed by atoms with Crippen molar-refractivity contribution in [1.82, 2.24) is 10.5 Å². The van der Waals surface area contributed by atoms with Gasteiger partial charge in [-0.2, -0.15) is 0 Å². The van der Waals surface area contributed by atoms with Crippen LogP contribution in [0.3, 0.4) is 0 Å². The van der Waals surface area contributed by atoms with Crippen LogP contribution in [0.4, 0.5) is 0 Å². The summed E-state index contributed by atoms with van der Waals surface area (Å²) in [7, 11) is 0. The average molecular weight is 371 g/mol. The van der Waals surface area contributed by atoms with Crippen LogP contribution in [0.2, 0.25) is 0 Å². The predicted molar refractivity (Wildman–Crippen MR) is 102 cm³/mol. The molecule has 2 fully saturated rings. The summed E-state index contributed by atoms with van der Waals surface area (Å²) in [5.41, 5.74) is 0.639. The van der Waals surface area contributed by atoms with E-state index in [0.29, 0.717) is 11.7 Å². The highest BCUT2D eigenvalue weighted by Crippen LogP contribution is 2.50. The maximum absolute atomic E-state index is 12.9. The van der Waals surface area contributed by atoms with E-state index in [-0.39, 0.29) is 11.4 Å². The van der Waals surface area contributed by atoms with Gasteiger partial charge in [0, 0.05) is 10.4 Å².